The molecule has 0 amide bonds. The number of nitrogens with zero attached hydrogens (tertiary/aromatic N) is 1. The molecule has 4 atom stereocenters. The summed E-state index contributed by atoms with van der Waals surface area (Å²) in [6, 6.07) is 8.92. The number of aromatic amines is 1. The van der Waals surface area contributed by atoms with E-state index in [9.17, 15) is 5.11 Å². The lowest BCUT2D eigenvalue weighted by molar-refractivity contribution is -0.0178. The number of benzene rings is 1. The average Bonchev–Trinajstić information content (AvgIpc) is 2.97. The average molecular weight is 373 g/mol. The Hall–Kier alpha value is -1.14. The standard InChI is InChI=1S/C21H32N2O2Si/c1-14(25-26(2,3)4)15-11-16(13-24)21-20-18(9-10-23(21)12-15)17-7-5-6-8-19(17)22-20/h5-8,14-16,21-22,24H,9-13H2,1-4H3/t14-,15-,16-,21-/m1/s1. The zero-order valence-corrected chi connectivity index (χ0v) is 17.5. The second kappa shape index (κ2) is 6.79. The topological polar surface area (TPSA) is 48.5 Å². The van der Waals surface area contributed by atoms with Crippen molar-refractivity contribution in [3.8, 4) is 0 Å². The van der Waals surface area contributed by atoms with Gasteiger partial charge in [0.25, 0.3) is 0 Å². The number of aliphatic hydroxyl groups is 1. The van der Waals surface area contributed by atoms with Crippen LogP contribution in [0, 0.1) is 11.8 Å². The number of para-hydroxylation sites is 1. The van der Waals surface area contributed by atoms with Gasteiger partial charge in [-0.15, -0.1) is 0 Å². The summed E-state index contributed by atoms with van der Waals surface area (Å²) in [6.45, 7) is 11.4. The maximum Gasteiger partial charge on any atom is 0.184 e. The monoisotopic (exact) mass is 372 g/mol. The lowest BCUT2D eigenvalue weighted by Crippen LogP contribution is -2.51. The molecule has 4 rings (SSSR count). The van der Waals surface area contributed by atoms with Gasteiger partial charge in [0.15, 0.2) is 8.32 Å². The summed E-state index contributed by atoms with van der Waals surface area (Å²) in [5.41, 5.74) is 4.03. The Labute approximate surface area is 157 Å². The molecule has 5 heteroatoms. The van der Waals surface area contributed by atoms with Crippen molar-refractivity contribution in [3.05, 3.63) is 35.5 Å². The summed E-state index contributed by atoms with van der Waals surface area (Å²) in [5.74, 6) is 0.773. The molecule has 1 aromatic carbocycles. The number of aromatic nitrogens is 1. The van der Waals surface area contributed by atoms with Crippen LogP contribution in [0.2, 0.25) is 19.6 Å². The third kappa shape index (κ3) is 3.26. The van der Waals surface area contributed by atoms with E-state index in [2.05, 4.69) is 60.7 Å². The van der Waals surface area contributed by atoms with Crippen molar-refractivity contribution < 1.29 is 9.53 Å². The van der Waals surface area contributed by atoms with Crippen LogP contribution in [0.5, 0.6) is 0 Å². The van der Waals surface area contributed by atoms with Crippen molar-refractivity contribution in [2.75, 3.05) is 19.7 Å². The molecule has 0 spiro atoms. The van der Waals surface area contributed by atoms with Crippen LogP contribution in [-0.4, -0.2) is 49.1 Å². The maximum atomic E-state index is 10.2. The fourth-order valence-electron chi connectivity index (χ4n) is 5.12. The normalized spacial score (nSPS) is 28.0. The Kier molecular flexibility index (Phi) is 4.76. The molecule has 4 nitrogen and oxygen atoms in total. The Morgan fingerprint density at radius 1 is 1.31 bits per heavy atom. The fourth-order valence-corrected chi connectivity index (χ4v) is 6.43. The van der Waals surface area contributed by atoms with Crippen LogP contribution in [0.15, 0.2) is 24.3 Å². The van der Waals surface area contributed by atoms with Crippen molar-refractivity contribution in [1.29, 1.82) is 0 Å². The third-order valence-electron chi connectivity index (χ3n) is 6.14. The van der Waals surface area contributed by atoms with Crippen LogP contribution in [0.3, 0.4) is 0 Å². The Balaban J connectivity index is 1.62. The quantitative estimate of drug-likeness (QED) is 0.799. The van der Waals surface area contributed by atoms with E-state index in [0.29, 0.717) is 12.0 Å². The molecule has 2 aromatic rings. The summed E-state index contributed by atoms with van der Waals surface area (Å²) in [6.07, 6.45) is 2.39. The second-order valence-corrected chi connectivity index (χ2v) is 13.6. The van der Waals surface area contributed by atoms with Crippen LogP contribution in [0.25, 0.3) is 10.9 Å². The number of fused-ring (bicyclic) bond motifs is 5. The first kappa shape index (κ1) is 18.2. The van der Waals surface area contributed by atoms with E-state index in [1.165, 1.54) is 22.2 Å². The highest BCUT2D eigenvalue weighted by Gasteiger charge is 2.43. The number of H-pyrrole nitrogens is 1. The van der Waals surface area contributed by atoms with E-state index in [4.69, 9.17) is 4.43 Å². The molecule has 0 unspecified atom stereocenters. The van der Waals surface area contributed by atoms with Gasteiger partial charge in [-0.05, 0) is 57.0 Å². The molecule has 2 aliphatic rings. The first-order valence-corrected chi connectivity index (χ1v) is 13.4. The smallest absolute Gasteiger partial charge is 0.184 e. The molecular weight excluding hydrogens is 340 g/mol. The van der Waals surface area contributed by atoms with Crippen molar-refractivity contribution in [2.45, 2.75) is 51.6 Å². The van der Waals surface area contributed by atoms with Crippen LogP contribution >= 0.6 is 0 Å². The van der Waals surface area contributed by atoms with E-state index in [1.54, 1.807) is 0 Å². The molecule has 1 fully saturated rings. The highest BCUT2D eigenvalue weighted by Crippen LogP contribution is 2.44. The fraction of sp³-hybridized carbons (Fsp3) is 0.619. The first-order chi connectivity index (χ1) is 12.4. The molecule has 142 valence electrons. The number of aliphatic hydroxyl groups excluding tert-OH is 1. The van der Waals surface area contributed by atoms with Crippen LogP contribution in [-0.2, 0) is 10.8 Å². The molecule has 0 saturated carbocycles. The molecule has 1 saturated heterocycles. The van der Waals surface area contributed by atoms with E-state index >= 15 is 0 Å². The molecule has 2 aliphatic heterocycles. The summed E-state index contributed by atoms with van der Waals surface area (Å²) in [5, 5.41) is 11.5. The predicted molar refractivity (Wildman–Crippen MR) is 109 cm³/mol. The predicted octanol–water partition coefficient (Wildman–Crippen LogP) is 3.94. The largest absolute Gasteiger partial charge is 0.415 e. The van der Waals surface area contributed by atoms with Gasteiger partial charge in [0, 0.05) is 48.3 Å². The van der Waals surface area contributed by atoms with E-state index < -0.39 is 8.32 Å². The van der Waals surface area contributed by atoms with Crippen molar-refractivity contribution in [1.82, 2.24) is 9.88 Å². The molecule has 1 aromatic heterocycles. The minimum atomic E-state index is -1.55. The van der Waals surface area contributed by atoms with Crippen molar-refractivity contribution in [2.24, 2.45) is 11.8 Å². The lowest BCUT2D eigenvalue weighted by atomic mass is 9.77. The zero-order valence-electron chi connectivity index (χ0n) is 16.5. The number of rotatable bonds is 4. The van der Waals surface area contributed by atoms with Gasteiger partial charge in [0.05, 0.1) is 6.04 Å². The van der Waals surface area contributed by atoms with Gasteiger partial charge in [0.1, 0.15) is 0 Å². The van der Waals surface area contributed by atoms with Gasteiger partial charge >= 0.3 is 0 Å². The molecule has 0 aliphatic carbocycles. The summed E-state index contributed by atoms with van der Waals surface area (Å²) in [7, 11) is -1.55. The second-order valence-electron chi connectivity index (χ2n) is 9.13. The SMILES string of the molecule is C[C@@H](O[Si](C)(C)C)[C@@H]1C[C@H](CO)[C@@H]2c3[nH]c4ccccc4c3CCN2C1. The van der Waals surface area contributed by atoms with E-state index in [1.807, 2.05) is 0 Å². The van der Waals surface area contributed by atoms with Crippen LogP contribution in [0.4, 0.5) is 0 Å². The molecule has 26 heavy (non-hydrogen) atoms. The van der Waals surface area contributed by atoms with Gasteiger partial charge < -0.3 is 14.5 Å². The molecule has 0 bridgehead atoms. The van der Waals surface area contributed by atoms with Crippen LogP contribution in [0.1, 0.15) is 30.6 Å². The van der Waals surface area contributed by atoms with Crippen molar-refractivity contribution in [3.63, 3.8) is 0 Å². The Morgan fingerprint density at radius 2 is 2.08 bits per heavy atom. The van der Waals surface area contributed by atoms with Gasteiger partial charge in [-0.3, -0.25) is 4.90 Å². The summed E-state index contributed by atoms with van der Waals surface area (Å²) >= 11 is 0. The molecular formula is C21H32N2O2Si. The Bertz CT molecular complexity index is 782. The summed E-state index contributed by atoms with van der Waals surface area (Å²) < 4.78 is 6.39. The number of hydrogen-bond acceptors (Lipinski definition) is 3. The summed E-state index contributed by atoms with van der Waals surface area (Å²) in [4.78, 5) is 6.28. The maximum absolute atomic E-state index is 10.2. The molecule has 2 N–H and O–H groups in total. The van der Waals surface area contributed by atoms with Gasteiger partial charge in [-0.1, -0.05) is 18.2 Å². The molecule has 3 heterocycles. The number of piperidine rings is 1. The van der Waals surface area contributed by atoms with E-state index in [0.717, 1.165) is 25.9 Å². The van der Waals surface area contributed by atoms with Crippen molar-refractivity contribution >= 4 is 19.2 Å². The number of nitrogens with one attached hydrogen (secondary N) is 1. The first-order valence-electron chi connectivity index (χ1n) is 9.99. The zero-order chi connectivity index (χ0) is 18.5. The highest BCUT2D eigenvalue weighted by molar-refractivity contribution is 6.69. The van der Waals surface area contributed by atoms with Gasteiger partial charge in [-0.2, -0.15) is 0 Å². The minimum absolute atomic E-state index is 0.242. The Morgan fingerprint density at radius 3 is 2.81 bits per heavy atom. The lowest BCUT2D eigenvalue weighted by Gasteiger charge is -2.48. The number of hydrogen-bond donors (Lipinski definition) is 2. The molecule has 0 radical (unpaired) electrons. The van der Waals surface area contributed by atoms with Gasteiger partial charge in [-0.25, -0.2) is 0 Å². The van der Waals surface area contributed by atoms with E-state index in [-0.39, 0.29) is 18.6 Å². The highest BCUT2D eigenvalue weighted by atomic mass is 28.4. The third-order valence-corrected chi connectivity index (χ3v) is 7.22. The van der Waals surface area contributed by atoms with Crippen LogP contribution < -0.4 is 0 Å². The minimum Gasteiger partial charge on any atom is -0.415 e. The van der Waals surface area contributed by atoms with Gasteiger partial charge in [0.2, 0.25) is 0 Å².